The monoisotopic (exact) mass is 478 g/mol. The number of hydrogen-bond acceptors (Lipinski definition) is 6. The molecule has 0 saturated carbocycles. The lowest BCUT2D eigenvalue weighted by Gasteiger charge is -2.18. The summed E-state index contributed by atoms with van der Waals surface area (Å²) in [4.78, 5) is 32.6. The molecule has 10 nitrogen and oxygen atoms in total. The standard InChI is InChI=1S/C20H24Cl2N8O2/c1-2-3-9-28-17-16(25-19(22)26-17)18(31)29(20(28)32)10-4-11-30(27-24)15(23)12-13-5-7-14(21)8-6-13/h5-8,23-24H,2-4,9-12H2,1H3,(H,25,26). The minimum absolute atomic E-state index is 0.0503. The third-order valence-corrected chi connectivity index (χ3v) is 5.47. The molecule has 0 spiro atoms. The summed E-state index contributed by atoms with van der Waals surface area (Å²) in [6.07, 6.45) is 2.25. The molecule has 0 aliphatic rings. The number of H-pyrrole nitrogens is 1. The van der Waals surface area contributed by atoms with E-state index in [0.717, 1.165) is 23.0 Å². The van der Waals surface area contributed by atoms with Crippen LogP contribution in [0.3, 0.4) is 0 Å². The second-order valence-corrected chi connectivity index (χ2v) is 8.09. The summed E-state index contributed by atoms with van der Waals surface area (Å²) >= 11 is 11.8. The van der Waals surface area contributed by atoms with Crippen LogP contribution in [-0.4, -0.2) is 36.5 Å². The summed E-state index contributed by atoms with van der Waals surface area (Å²) in [7, 11) is 0. The van der Waals surface area contributed by atoms with E-state index in [1.165, 1.54) is 9.58 Å². The van der Waals surface area contributed by atoms with Gasteiger partial charge < -0.3 is 4.98 Å². The molecule has 0 amide bonds. The van der Waals surface area contributed by atoms with Gasteiger partial charge in [-0.3, -0.25) is 19.3 Å². The van der Waals surface area contributed by atoms with Gasteiger partial charge in [-0.25, -0.2) is 9.80 Å². The smallest absolute Gasteiger partial charge is 0.323 e. The quantitative estimate of drug-likeness (QED) is 0.134. The Balaban J connectivity index is 1.75. The average molecular weight is 479 g/mol. The number of aromatic amines is 1. The molecule has 0 radical (unpaired) electrons. The van der Waals surface area contributed by atoms with Crippen LogP contribution in [-0.2, 0) is 19.5 Å². The van der Waals surface area contributed by atoms with Crippen molar-refractivity contribution in [2.24, 2.45) is 5.22 Å². The maximum absolute atomic E-state index is 13.0. The maximum Gasteiger partial charge on any atom is 0.332 e. The fourth-order valence-electron chi connectivity index (χ4n) is 3.36. The lowest BCUT2D eigenvalue weighted by Crippen LogP contribution is -2.41. The van der Waals surface area contributed by atoms with E-state index in [-0.39, 0.29) is 41.8 Å². The van der Waals surface area contributed by atoms with Crippen molar-refractivity contribution in [1.29, 1.82) is 10.9 Å². The van der Waals surface area contributed by atoms with Gasteiger partial charge in [-0.2, -0.15) is 10.5 Å². The number of aryl methyl sites for hydroxylation is 1. The second-order valence-electron chi connectivity index (χ2n) is 7.30. The normalized spacial score (nSPS) is 11.1. The zero-order valence-electron chi connectivity index (χ0n) is 17.6. The van der Waals surface area contributed by atoms with Crippen molar-refractivity contribution < 1.29 is 0 Å². The molecule has 12 heteroatoms. The molecule has 32 heavy (non-hydrogen) atoms. The number of rotatable bonds is 10. The van der Waals surface area contributed by atoms with Gasteiger partial charge in [0, 0.05) is 31.1 Å². The van der Waals surface area contributed by atoms with E-state index >= 15 is 0 Å². The Labute approximate surface area is 193 Å². The largest absolute Gasteiger partial charge is 0.332 e. The van der Waals surface area contributed by atoms with Crippen molar-refractivity contribution in [3.05, 3.63) is 61.0 Å². The van der Waals surface area contributed by atoms with Crippen molar-refractivity contribution in [2.75, 3.05) is 6.54 Å². The Bertz CT molecular complexity index is 1230. The van der Waals surface area contributed by atoms with Crippen LogP contribution in [0.15, 0.2) is 39.1 Å². The first-order valence-electron chi connectivity index (χ1n) is 10.2. The summed E-state index contributed by atoms with van der Waals surface area (Å²) in [6, 6.07) is 7.09. The summed E-state index contributed by atoms with van der Waals surface area (Å²) in [6.45, 7) is 2.75. The SMILES string of the molecule is CCCCn1c(=O)n(CCCN(N=N)C(=N)Cc2ccc(Cl)cc2)c(=O)c2[nH]c(Cl)nc21. The fraction of sp³-hybridized carbons (Fsp3) is 0.400. The van der Waals surface area contributed by atoms with E-state index in [2.05, 4.69) is 15.2 Å². The van der Waals surface area contributed by atoms with Crippen LogP contribution in [0.4, 0.5) is 0 Å². The Morgan fingerprint density at radius 3 is 2.50 bits per heavy atom. The molecule has 170 valence electrons. The van der Waals surface area contributed by atoms with Gasteiger partial charge in [0.1, 0.15) is 5.84 Å². The average Bonchev–Trinajstić information content (AvgIpc) is 3.16. The van der Waals surface area contributed by atoms with Crippen LogP contribution >= 0.6 is 23.2 Å². The van der Waals surface area contributed by atoms with Crippen molar-refractivity contribution in [3.63, 3.8) is 0 Å². The number of imidazole rings is 1. The first-order valence-corrected chi connectivity index (χ1v) is 11.0. The van der Waals surface area contributed by atoms with Crippen LogP contribution in [0, 0.1) is 10.9 Å². The van der Waals surface area contributed by atoms with E-state index < -0.39 is 11.2 Å². The maximum atomic E-state index is 13.0. The van der Waals surface area contributed by atoms with Gasteiger partial charge in [-0.05, 0) is 42.1 Å². The number of halogens is 2. The van der Waals surface area contributed by atoms with Crippen LogP contribution in [0.25, 0.3) is 11.2 Å². The van der Waals surface area contributed by atoms with Gasteiger partial charge in [0.2, 0.25) is 5.28 Å². The molecule has 0 fully saturated rings. The minimum Gasteiger partial charge on any atom is -0.323 e. The zero-order valence-corrected chi connectivity index (χ0v) is 19.1. The highest BCUT2D eigenvalue weighted by molar-refractivity contribution is 6.30. The van der Waals surface area contributed by atoms with Crippen LogP contribution in [0.1, 0.15) is 31.7 Å². The number of fused-ring (bicyclic) bond motifs is 1. The van der Waals surface area contributed by atoms with Gasteiger partial charge in [0.15, 0.2) is 11.2 Å². The molecule has 3 aromatic rings. The highest BCUT2D eigenvalue weighted by Crippen LogP contribution is 2.12. The molecule has 3 N–H and O–H groups in total. The lowest BCUT2D eigenvalue weighted by atomic mass is 10.1. The number of nitrogens with one attached hydrogen (secondary N) is 3. The zero-order chi connectivity index (χ0) is 23.3. The first kappa shape index (κ1) is 23.7. The molecule has 0 aliphatic carbocycles. The van der Waals surface area contributed by atoms with E-state index in [4.69, 9.17) is 34.1 Å². The number of aromatic nitrogens is 4. The molecule has 0 unspecified atom stereocenters. The Hall–Kier alpha value is -2.98. The van der Waals surface area contributed by atoms with Gasteiger partial charge in [0.25, 0.3) is 5.56 Å². The Kier molecular flexibility index (Phi) is 7.81. The van der Waals surface area contributed by atoms with Gasteiger partial charge in [0.05, 0.1) is 0 Å². The fourth-order valence-corrected chi connectivity index (χ4v) is 3.66. The molecule has 0 aliphatic heterocycles. The molecular weight excluding hydrogens is 455 g/mol. The minimum atomic E-state index is -0.497. The van der Waals surface area contributed by atoms with E-state index in [1.807, 2.05) is 19.1 Å². The van der Waals surface area contributed by atoms with Crippen molar-refractivity contribution >= 4 is 40.2 Å². The molecule has 2 aromatic heterocycles. The van der Waals surface area contributed by atoms with E-state index in [1.54, 1.807) is 12.1 Å². The second kappa shape index (κ2) is 10.6. The first-order chi connectivity index (χ1) is 15.3. The molecule has 2 heterocycles. The number of benzene rings is 1. The van der Waals surface area contributed by atoms with Crippen molar-refractivity contribution in [3.8, 4) is 0 Å². The molecule has 0 atom stereocenters. The number of hydrogen-bond donors (Lipinski definition) is 3. The van der Waals surface area contributed by atoms with Gasteiger partial charge >= 0.3 is 5.69 Å². The molecule has 3 rings (SSSR count). The van der Waals surface area contributed by atoms with Crippen molar-refractivity contribution in [2.45, 2.75) is 45.7 Å². The summed E-state index contributed by atoms with van der Waals surface area (Å²) in [5.74, 6) is 0.130. The molecule has 1 aromatic carbocycles. The topological polar surface area (TPSA) is 136 Å². The highest BCUT2D eigenvalue weighted by Gasteiger charge is 2.17. The number of nitrogens with zero attached hydrogens (tertiary/aromatic N) is 5. The third-order valence-electron chi connectivity index (χ3n) is 5.04. The van der Waals surface area contributed by atoms with Crippen molar-refractivity contribution in [1.82, 2.24) is 24.1 Å². The van der Waals surface area contributed by atoms with E-state index in [9.17, 15) is 9.59 Å². The lowest BCUT2D eigenvalue weighted by molar-refractivity contribution is 0.371. The number of unbranched alkanes of at least 4 members (excludes halogenated alkanes) is 1. The Morgan fingerprint density at radius 2 is 1.84 bits per heavy atom. The van der Waals surface area contributed by atoms with Gasteiger partial charge in [-0.1, -0.05) is 42.3 Å². The molecule has 0 saturated heterocycles. The predicted molar refractivity (Wildman–Crippen MR) is 124 cm³/mol. The van der Waals surface area contributed by atoms with Crippen LogP contribution in [0.2, 0.25) is 10.3 Å². The summed E-state index contributed by atoms with van der Waals surface area (Å²) < 4.78 is 2.59. The third kappa shape index (κ3) is 5.25. The molecular formula is C20H24Cl2N8O2. The molecule has 0 bridgehead atoms. The van der Waals surface area contributed by atoms with Crippen LogP contribution < -0.4 is 11.2 Å². The van der Waals surface area contributed by atoms with Gasteiger partial charge in [-0.15, -0.1) is 0 Å². The summed E-state index contributed by atoms with van der Waals surface area (Å²) in [5, 5.41) is 13.6. The summed E-state index contributed by atoms with van der Waals surface area (Å²) in [5.41, 5.74) is 7.75. The van der Waals surface area contributed by atoms with E-state index in [0.29, 0.717) is 18.0 Å². The predicted octanol–water partition coefficient (Wildman–Crippen LogP) is 3.85. The highest BCUT2D eigenvalue weighted by atomic mass is 35.5. The van der Waals surface area contributed by atoms with Crippen LogP contribution in [0.5, 0.6) is 0 Å². The number of amidine groups is 1. The Morgan fingerprint density at radius 1 is 1.16 bits per heavy atom.